The van der Waals surface area contributed by atoms with Crippen molar-refractivity contribution in [2.75, 3.05) is 0 Å². The van der Waals surface area contributed by atoms with Crippen LogP contribution in [0.3, 0.4) is 0 Å². The lowest BCUT2D eigenvalue weighted by atomic mass is 10.2. The zero-order valence-corrected chi connectivity index (χ0v) is 14.6. The van der Waals surface area contributed by atoms with Gasteiger partial charge >= 0.3 is 0 Å². The summed E-state index contributed by atoms with van der Waals surface area (Å²) in [4.78, 5) is 17.4. The fraction of sp³-hybridized carbons (Fsp3) is 0.0909. The van der Waals surface area contributed by atoms with Crippen molar-refractivity contribution in [1.29, 1.82) is 0 Å². The highest BCUT2D eigenvalue weighted by molar-refractivity contribution is 5.77. The van der Waals surface area contributed by atoms with Crippen LogP contribution in [0.4, 0.5) is 0 Å². The quantitative estimate of drug-likeness (QED) is 0.537. The first-order chi connectivity index (χ1) is 12.6. The molecule has 0 radical (unpaired) electrons. The predicted octanol–water partition coefficient (Wildman–Crippen LogP) is 4.79. The summed E-state index contributed by atoms with van der Waals surface area (Å²) in [6, 6.07) is 22.7. The van der Waals surface area contributed by atoms with E-state index < -0.39 is 0 Å². The van der Waals surface area contributed by atoms with Gasteiger partial charge in [0.25, 0.3) is 5.56 Å². The van der Waals surface area contributed by atoms with E-state index in [2.05, 4.69) is 4.98 Å². The van der Waals surface area contributed by atoms with E-state index in [0.29, 0.717) is 16.7 Å². The van der Waals surface area contributed by atoms with Crippen LogP contribution in [0.5, 0.6) is 11.5 Å². The summed E-state index contributed by atoms with van der Waals surface area (Å²) >= 11 is 0. The van der Waals surface area contributed by atoms with E-state index in [9.17, 15) is 4.79 Å². The Morgan fingerprint density at radius 1 is 0.808 bits per heavy atom. The van der Waals surface area contributed by atoms with Crippen LogP contribution in [-0.2, 0) is 0 Å². The van der Waals surface area contributed by atoms with Gasteiger partial charge in [0.2, 0.25) is 0 Å². The fourth-order valence-electron chi connectivity index (χ4n) is 2.95. The number of ether oxygens (including phenoxy) is 1. The summed E-state index contributed by atoms with van der Waals surface area (Å²) in [6.45, 7) is 3.88. The van der Waals surface area contributed by atoms with Crippen LogP contribution in [0.15, 0.2) is 77.6 Å². The Morgan fingerprint density at radius 3 is 2.12 bits per heavy atom. The van der Waals surface area contributed by atoms with Crippen LogP contribution in [0.1, 0.15) is 11.4 Å². The highest BCUT2D eigenvalue weighted by Crippen LogP contribution is 2.23. The first-order valence-corrected chi connectivity index (χ1v) is 8.45. The Morgan fingerprint density at radius 2 is 1.42 bits per heavy atom. The minimum absolute atomic E-state index is 0.0692. The molecule has 0 unspecified atom stereocenters. The normalized spacial score (nSPS) is 10.8. The first-order valence-electron chi connectivity index (χ1n) is 8.45. The Labute approximate surface area is 151 Å². The van der Waals surface area contributed by atoms with Gasteiger partial charge in [-0.3, -0.25) is 9.36 Å². The average Bonchev–Trinajstić information content (AvgIpc) is 2.65. The number of para-hydroxylation sites is 1. The molecule has 26 heavy (non-hydrogen) atoms. The number of rotatable bonds is 3. The van der Waals surface area contributed by atoms with Crippen molar-refractivity contribution in [2.45, 2.75) is 13.8 Å². The summed E-state index contributed by atoms with van der Waals surface area (Å²) in [5.41, 5.74) is 2.60. The smallest absolute Gasteiger partial charge is 0.265 e. The summed E-state index contributed by atoms with van der Waals surface area (Å²) in [7, 11) is 0. The third-order valence-electron chi connectivity index (χ3n) is 4.30. The highest BCUT2D eigenvalue weighted by Gasteiger charge is 2.09. The van der Waals surface area contributed by atoms with E-state index in [4.69, 9.17) is 4.74 Å². The highest BCUT2D eigenvalue weighted by atomic mass is 16.5. The monoisotopic (exact) mass is 342 g/mol. The molecule has 0 aliphatic carbocycles. The van der Waals surface area contributed by atoms with Gasteiger partial charge in [0.15, 0.2) is 0 Å². The minimum Gasteiger partial charge on any atom is -0.457 e. The maximum atomic E-state index is 12.8. The molecule has 4 nitrogen and oxygen atoms in total. The van der Waals surface area contributed by atoms with Crippen LogP contribution in [0, 0.1) is 13.8 Å². The number of aryl methyl sites for hydroxylation is 2. The molecule has 0 saturated carbocycles. The van der Waals surface area contributed by atoms with Crippen molar-refractivity contribution in [1.82, 2.24) is 9.55 Å². The maximum Gasteiger partial charge on any atom is 0.265 e. The molecule has 4 heteroatoms. The number of fused-ring (bicyclic) bond motifs is 1. The average molecular weight is 342 g/mol. The molecule has 128 valence electrons. The van der Waals surface area contributed by atoms with Crippen molar-refractivity contribution in [3.63, 3.8) is 0 Å². The first kappa shape index (κ1) is 16.1. The third-order valence-corrected chi connectivity index (χ3v) is 4.30. The van der Waals surface area contributed by atoms with Gasteiger partial charge in [0.05, 0.1) is 16.6 Å². The topological polar surface area (TPSA) is 44.1 Å². The van der Waals surface area contributed by atoms with E-state index in [-0.39, 0.29) is 5.56 Å². The number of nitrogens with zero attached hydrogens (tertiary/aromatic N) is 2. The molecular formula is C22H18N2O2. The van der Waals surface area contributed by atoms with Crippen molar-refractivity contribution in [3.05, 3.63) is 94.5 Å². The van der Waals surface area contributed by atoms with Crippen molar-refractivity contribution in [3.8, 4) is 17.2 Å². The standard InChI is InChI=1S/C22H18N2O2/c1-15-7-11-18(12-8-15)26-19-13-9-17(10-14-19)24-16(2)23-21-6-4-3-5-20(21)22(24)25/h3-14H,1-2H3. The summed E-state index contributed by atoms with van der Waals surface area (Å²) < 4.78 is 7.47. The van der Waals surface area contributed by atoms with Crippen LogP contribution in [0.25, 0.3) is 16.6 Å². The lowest BCUT2D eigenvalue weighted by Gasteiger charge is -2.12. The number of hydrogen-bond donors (Lipinski definition) is 0. The van der Waals surface area contributed by atoms with E-state index in [1.54, 1.807) is 10.6 Å². The summed E-state index contributed by atoms with van der Waals surface area (Å²) in [5.74, 6) is 2.15. The molecule has 0 saturated heterocycles. The molecule has 0 aliphatic rings. The molecule has 1 aromatic heterocycles. The maximum absolute atomic E-state index is 12.8. The Hall–Kier alpha value is -3.40. The molecule has 0 bridgehead atoms. The summed E-state index contributed by atoms with van der Waals surface area (Å²) in [6.07, 6.45) is 0. The van der Waals surface area contributed by atoms with Crippen LogP contribution in [0.2, 0.25) is 0 Å². The summed E-state index contributed by atoms with van der Waals surface area (Å²) in [5, 5.41) is 0.609. The van der Waals surface area contributed by atoms with Crippen LogP contribution >= 0.6 is 0 Å². The Balaban J connectivity index is 1.70. The Bertz CT molecular complexity index is 1130. The van der Waals surface area contributed by atoms with E-state index in [1.807, 2.05) is 80.6 Å². The molecule has 0 atom stereocenters. The second-order valence-corrected chi connectivity index (χ2v) is 6.23. The van der Waals surface area contributed by atoms with Gasteiger partial charge < -0.3 is 4.74 Å². The van der Waals surface area contributed by atoms with Crippen LogP contribution in [-0.4, -0.2) is 9.55 Å². The van der Waals surface area contributed by atoms with Crippen molar-refractivity contribution < 1.29 is 4.74 Å². The molecule has 0 spiro atoms. The Kier molecular flexibility index (Phi) is 4.01. The molecule has 4 aromatic rings. The second-order valence-electron chi connectivity index (χ2n) is 6.23. The van der Waals surface area contributed by atoms with Gasteiger partial charge in [-0.1, -0.05) is 29.8 Å². The fourth-order valence-corrected chi connectivity index (χ4v) is 2.95. The molecular weight excluding hydrogens is 324 g/mol. The predicted molar refractivity (Wildman–Crippen MR) is 103 cm³/mol. The van der Waals surface area contributed by atoms with Gasteiger partial charge in [-0.05, 0) is 62.4 Å². The number of aromatic nitrogens is 2. The SMILES string of the molecule is Cc1ccc(Oc2ccc(-n3c(C)nc4ccccc4c3=O)cc2)cc1. The largest absolute Gasteiger partial charge is 0.457 e. The van der Waals surface area contributed by atoms with Crippen LogP contribution < -0.4 is 10.3 Å². The molecule has 0 N–H and O–H groups in total. The molecule has 0 amide bonds. The van der Waals surface area contributed by atoms with Gasteiger partial charge in [-0.2, -0.15) is 0 Å². The molecule has 1 heterocycles. The lowest BCUT2D eigenvalue weighted by Crippen LogP contribution is -2.22. The minimum atomic E-state index is -0.0692. The molecule has 0 fully saturated rings. The van der Waals surface area contributed by atoms with Crippen molar-refractivity contribution in [2.24, 2.45) is 0 Å². The van der Waals surface area contributed by atoms with Gasteiger partial charge in [-0.15, -0.1) is 0 Å². The van der Waals surface area contributed by atoms with Gasteiger partial charge in [-0.25, -0.2) is 4.98 Å². The molecule has 4 rings (SSSR count). The lowest BCUT2D eigenvalue weighted by molar-refractivity contribution is 0.482. The van der Waals surface area contributed by atoms with E-state index in [1.165, 1.54) is 5.56 Å². The molecule has 0 aliphatic heterocycles. The number of benzene rings is 3. The third kappa shape index (κ3) is 2.97. The number of hydrogen-bond acceptors (Lipinski definition) is 3. The zero-order chi connectivity index (χ0) is 18.1. The van der Waals surface area contributed by atoms with E-state index >= 15 is 0 Å². The second kappa shape index (κ2) is 6.48. The zero-order valence-electron chi connectivity index (χ0n) is 14.6. The molecule has 3 aromatic carbocycles. The van der Waals surface area contributed by atoms with Gasteiger partial charge in [0, 0.05) is 0 Å². The van der Waals surface area contributed by atoms with E-state index in [0.717, 1.165) is 17.2 Å². The van der Waals surface area contributed by atoms with Gasteiger partial charge in [0.1, 0.15) is 17.3 Å². The van der Waals surface area contributed by atoms with Crippen molar-refractivity contribution >= 4 is 10.9 Å².